The summed E-state index contributed by atoms with van der Waals surface area (Å²) in [5.74, 6) is -0.641. The van der Waals surface area contributed by atoms with Gasteiger partial charge in [0.25, 0.3) is 11.8 Å². The number of pyridine rings is 2. The molecule has 2 aromatic carbocycles. The molecule has 0 saturated carbocycles. The number of carbonyl (C=O) groups excluding carboxylic acids is 2. The molecule has 0 aliphatic rings. The van der Waals surface area contributed by atoms with Gasteiger partial charge >= 0.3 is 0 Å². The third-order valence-electron chi connectivity index (χ3n) is 5.29. The van der Waals surface area contributed by atoms with E-state index in [1.165, 1.54) is 12.4 Å². The van der Waals surface area contributed by atoms with Crippen molar-refractivity contribution >= 4 is 46.4 Å². The van der Waals surface area contributed by atoms with E-state index in [1.54, 1.807) is 24.3 Å². The third-order valence-corrected chi connectivity index (χ3v) is 5.89. The van der Waals surface area contributed by atoms with Gasteiger partial charge in [0.05, 0.1) is 11.1 Å². The lowest BCUT2D eigenvalue weighted by Crippen LogP contribution is -2.14. The molecule has 2 heterocycles. The number of nitrogens with zero attached hydrogens (tertiary/aromatic N) is 2. The number of hydrogen-bond acceptors (Lipinski definition) is 4. The van der Waals surface area contributed by atoms with Crippen LogP contribution in [-0.4, -0.2) is 21.8 Å². The van der Waals surface area contributed by atoms with Crippen LogP contribution in [0.3, 0.4) is 0 Å². The maximum atomic E-state index is 12.6. The largest absolute Gasteiger partial charge is 0.322 e. The smallest absolute Gasteiger partial charge is 0.258 e. The molecule has 0 spiro atoms. The van der Waals surface area contributed by atoms with Crippen LogP contribution >= 0.6 is 23.2 Å². The zero-order valence-corrected chi connectivity index (χ0v) is 19.9. The van der Waals surface area contributed by atoms with Crippen molar-refractivity contribution in [3.05, 3.63) is 106 Å². The highest BCUT2D eigenvalue weighted by molar-refractivity contribution is 6.33. The van der Waals surface area contributed by atoms with E-state index in [0.29, 0.717) is 22.5 Å². The molecule has 8 heteroatoms. The number of hydrogen-bond donors (Lipinski definition) is 2. The fraction of sp³-hybridized carbons (Fsp3) is 0.0769. The Balaban J connectivity index is 1.51. The van der Waals surface area contributed by atoms with Gasteiger partial charge in [0, 0.05) is 23.8 Å². The second kappa shape index (κ2) is 10.0. The summed E-state index contributed by atoms with van der Waals surface area (Å²) in [4.78, 5) is 33.0. The van der Waals surface area contributed by atoms with Crippen molar-refractivity contribution in [2.45, 2.75) is 13.8 Å². The molecule has 0 aliphatic carbocycles. The lowest BCUT2D eigenvalue weighted by Gasteiger charge is -2.13. The van der Waals surface area contributed by atoms with Gasteiger partial charge in [-0.3, -0.25) is 9.59 Å². The first-order chi connectivity index (χ1) is 16.3. The van der Waals surface area contributed by atoms with E-state index in [4.69, 9.17) is 23.2 Å². The van der Waals surface area contributed by atoms with Crippen molar-refractivity contribution in [2.24, 2.45) is 0 Å². The molecule has 0 aliphatic heterocycles. The van der Waals surface area contributed by atoms with E-state index in [0.717, 1.165) is 22.3 Å². The summed E-state index contributed by atoms with van der Waals surface area (Å²) in [6.07, 6.45) is 3.07. The monoisotopic (exact) mass is 490 g/mol. The molecule has 2 aromatic heterocycles. The Morgan fingerprint density at radius 2 is 1.09 bits per heavy atom. The van der Waals surface area contributed by atoms with Gasteiger partial charge in [-0.15, -0.1) is 0 Å². The quantitative estimate of drug-likeness (QED) is 0.309. The molecule has 34 heavy (non-hydrogen) atoms. The number of benzene rings is 2. The first kappa shape index (κ1) is 23.4. The Morgan fingerprint density at radius 3 is 1.44 bits per heavy atom. The molecule has 2 N–H and O–H groups in total. The Kier molecular flexibility index (Phi) is 6.91. The molecule has 2 amide bonds. The van der Waals surface area contributed by atoms with Crippen molar-refractivity contribution in [1.29, 1.82) is 0 Å². The van der Waals surface area contributed by atoms with Crippen LogP contribution in [0, 0.1) is 13.8 Å². The van der Waals surface area contributed by atoms with Crippen LogP contribution in [0.1, 0.15) is 31.8 Å². The number of nitrogens with one attached hydrogen (secondary N) is 2. The summed E-state index contributed by atoms with van der Waals surface area (Å²) in [6.45, 7) is 3.84. The average molecular weight is 491 g/mol. The second-order valence-electron chi connectivity index (χ2n) is 7.65. The van der Waals surface area contributed by atoms with Crippen LogP contribution in [0.2, 0.25) is 10.3 Å². The number of carbonyl (C=O) groups is 2. The fourth-order valence-corrected chi connectivity index (χ4v) is 3.87. The lowest BCUT2D eigenvalue weighted by molar-refractivity contribution is 0.101. The maximum Gasteiger partial charge on any atom is 0.258 e. The van der Waals surface area contributed by atoms with Gasteiger partial charge in [-0.25, -0.2) is 9.97 Å². The van der Waals surface area contributed by atoms with Crippen molar-refractivity contribution in [3.63, 3.8) is 0 Å². The Bertz CT molecular complexity index is 1300. The van der Waals surface area contributed by atoms with Gasteiger partial charge in [-0.05, 0) is 84.6 Å². The fourth-order valence-electron chi connectivity index (χ4n) is 3.46. The van der Waals surface area contributed by atoms with Crippen LogP contribution < -0.4 is 10.6 Å². The van der Waals surface area contributed by atoms with E-state index < -0.39 is 0 Å². The Morgan fingerprint density at radius 1 is 0.676 bits per heavy atom. The van der Waals surface area contributed by atoms with Gasteiger partial charge in [0.15, 0.2) is 0 Å². The second-order valence-corrected chi connectivity index (χ2v) is 8.37. The molecule has 170 valence electrons. The van der Waals surface area contributed by atoms with E-state index in [9.17, 15) is 9.59 Å². The minimum Gasteiger partial charge on any atom is -0.322 e. The van der Waals surface area contributed by atoms with Crippen molar-refractivity contribution in [1.82, 2.24) is 9.97 Å². The zero-order valence-electron chi connectivity index (χ0n) is 18.4. The number of halogens is 2. The molecule has 0 fully saturated rings. The van der Waals surface area contributed by atoms with Crippen LogP contribution in [0.15, 0.2) is 73.1 Å². The standard InChI is InChI=1S/C26H20Cl2N4O2/c1-15-13-17(7-9-21(15)31-25(33)19-5-3-11-29-23(19)27)18-8-10-22(16(2)14-18)32-26(34)20-6-4-12-30-24(20)28/h3-14H,1-2H3,(H,31,33)(H,32,34). The van der Waals surface area contributed by atoms with Crippen LogP contribution in [0.4, 0.5) is 11.4 Å². The number of aryl methyl sites for hydroxylation is 2. The molecular weight excluding hydrogens is 471 g/mol. The first-order valence-electron chi connectivity index (χ1n) is 10.4. The molecule has 4 rings (SSSR count). The van der Waals surface area contributed by atoms with Crippen molar-refractivity contribution in [3.8, 4) is 11.1 Å². The number of amides is 2. The normalized spacial score (nSPS) is 10.6. The predicted octanol–water partition coefficient (Wildman–Crippen LogP) is 6.57. The molecular formula is C26H20Cl2N4O2. The first-order valence-corrected chi connectivity index (χ1v) is 11.1. The van der Waals surface area contributed by atoms with Gasteiger partial charge < -0.3 is 10.6 Å². The van der Waals surface area contributed by atoms with E-state index in [1.807, 2.05) is 50.2 Å². The minimum atomic E-state index is -0.321. The van der Waals surface area contributed by atoms with Crippen molar-refractivity contribution < 1.29 is 9.59 Å². The maximum absolute atomic E-state index is 12.6. The van der Waals surface area contributed by atoms with Crippen LogP contribution in [-0.2, 0) is 0 Å². The zero-order chi connectivity index (χ0) is 24.2. The summed E-state index contributed by atoms with van der Waals surface area (Å²) >= 11 is 12.0. The van der Waals surface area contributed by atoms with E-state index in [-0.39, 0.29) is 22.1 Å². The summed E-state index contributed by atoms with van der Waals surface area (Å²) < 4.78 is 0. The van der Waals surface area contributed by atoms with Crippen LogP contribution in [0.25, 0.3) is 11.1 Å². The molecule has 0 radical (unpaired) electrons. The number of anilines is 2. The highest BCUT2D eigenvalue weighted by Gasteiger charge is 2.14. The summed E-state index contributed by atoms with van der Waals surface area (Å²) in [5, 5.41) is 6.07. The topological polar surface area (TPSA) is 84.0 Å². The Labute approximate surface area is 207 Å². The third kappa shape index (κ3) is 5.09. The molecule has 6 nitrogen and oxygen atoms in total. The Hall–Kier alpha value is -3.74. The SMILES string of the molecule is Cc1cc(-c2ccc(NC(=O)c3cccnc3Cl)c(C)c2)ccc1NC(=O)c1cccnc1Cl. The average Bonchev–Trinajstić information content (AvgIpc) is 2.82. The highest BCUT2D eigenvalue weighted by atomic mass is 35.5. The number of aromatic nitrogens is 2. The highest BCUT2D eigenvalue weighted by Crippen LogP contribution is 2.29. The van der Waals surface area contributed by atoms with Gasteiger partial charge in [0.2, 0.25) is 0 Å². The van der Waals surface area contributed by atoms with Gasteiger partial charge in [-0.2, -0.15) is 0 Å². The molecule has 4 aromatic rings. The predicted molar refractivity (Wildman–Crippen MR) is 136 cm³/mol. The number of rotatable bonds is 5. The van der Waals surface area contributed by atoms with E-state index in [2.05, 4.69) is 20.6 Å². The molecule has 0 saturated heterocycles. The minimum absolute atomic E-state index is 0.155. The van der Waals surface area contributed by atoms with Gasteiger partial charge in [0.1, 0.15) is 10.3 Å². The summed E-state index contributed by atoms with van der Waals surface area (Å²) in [5.41, 5.74) is 5.74. The summed E-state index contributed by atoms with van der Waals surface area (Å²) in [6, 6.07) is 18.1. The van der Waals surface area contributed by atoms with Crippen LogP contribution in [0.5, 0.6) is 0 Å². The molecule has 0 unspecified atom stereocenters. The van der Waals surface area contributed by atoms with Gasteiger partial charge in [-0.1, -0.05) is 35.3 Å². The molecule has 0 atom stereocenters. The van der Waals surface area contributed by atoms with Crippen molar-refractivity contribution in [2.75, 3.05) is 10.6 Å². The lowest BCUT2D eigenvalue weighted by atomic mass is 9.99. The van der Waals surface area contributed by atoms with E-state index >= 15 is 0 Å². The molecule has 0 bridgehead atoms. The summed E-state index contributed by atoms with van der Waals surface area (Å²) in [7, 11) is 0.